The van der Waals surface area contributed by atoms with Crippen LogP contribution >= 0.6 is 0 Å². The van der Waals surface area contributed by atoms with Gasteiger partial charge in [0.05, 0.1) is 0 Å². The van der Waals surface area contributed by atoms with Gasteiger partial charge in [-0.25, -0.2) is 0 Å². The molecule has 0 aliphatic carbocycles. The van der Waals surface area contributed by atoms with Gasteiger partial charge < -0.3 is 0 Å². The Hall–Kier alpha value is -1.90. The molecule has 0 saturated carbocycles. The zero-order valence-corrected chi connectivity index (χ0v) is 9.89. The molecule has 1 rings (SSSR count). The molecule has 0 amide bonds. The molecule has 0 aliphatic rings. The maximum absolute atomic E-state index is 11.0. The number of rotatable bonds is 3. The Labute approximate surface area is 96.0 Å². The molecular formula is C6H6AsN3O7. The Morgan fingerprint density at radius 1 is 1.12 bits per heavy atom. The first-order chi connectivity index (χ1) is 7.64. The molecule has 10 nitrogen and oxygen atoms in total. The van der Waals surface area contributed by atoms with E-state index in [-0.39, 0.29) is 0 Å². The van der Waals surface area contributed by atoms with Gasteiger partial charge in [0.2, 0.25) is 0 Å². The van der Waals surface area contributed by atoms with Gasteiger partial charge in [-0.3, -0.25) is 0 Å². The second kappa shape index (κ2) is 4.17. The second-order valence-corrected chi connectivity index (χ2v) is 6.32. The SMILES string of the molecule is Nc1c([N+](=O)[O-])cc([As](=O)(O)O)cc1[N+](=O)[O-]. The summed E-state index contributed by atoms with van der Waals surface area (Å²) < 4.78 is 28.0. The molecule has 0 fully saturated rings. The van der Waals surface area contributed by atoms with E-state index in [1.54, 1.807) is 0 Å². The molecule has 4 N–H and O–H groups in total. The number of hydrogen-bond acceptors (Lipinski definition) is 6. The first kappa shape index (κ1) is 13.2. The molecule has 0 unspecified atom stereocenters. The normalized spacial score (nSPS) is 11.2. The summed E-state index contributed by atoms with van der Waals surface area (Å²) in [6, 6.07) is 1.09. The van der Waals surface area contributed by atoms with Crippen LogP contribution in [0.5, 0.6) is 0 Å². The van der Waals surface area contributed by atoms with Gasteiger partial charge in [-0.15, -0.1) is 0 Å². The van der Waals surface area contributed by atoms with E-state index in [9.17, 15) is 24.0 Å². The van der Waals surface area contributed by atoms with Gasteiger partial charge in [0.15, 0.2) is 0 Å². The van der Waals surface area contributed by atoms with Crippen LogP contribution in [0.2, 0.25) is 0 Å². The topological polar surface area (TPSA) is 170 Å². The summed E-state index contributed by atoms with van der Waals surface area (Å²) in [5.41, 5.74) is 2.62. The summed E-state index contributed by atoms with van der Waals surface area (Å²) in [5.74, 6) is 0. The van der Waals surface area contributed by atoms with Crippen LogP contribution in [0, 0.1) is 20.2 Å². The number of nitrogens with two attached hydrogens (primary N) is 1. The summed E-state index contributed by atoms with van der Waals surface area (Å²) in [6.45, 7) is 0. The third-order valence-electron chi connectivity index (χ3n) is 1.85. The fourth-order valence-corrected chi connectivity index (χ4v) is 2.30. The summed E-state index contributed by atoms with van der Waals surface area (Å²) in [4.78, 5) is 19.0. The van der Waals surface area contributed by atoms with Crippen molar-refractivity contribution < 1.29 is 21.8 Å². The molecule has 0 atom stereocenters. The van der Waals surface area contributed by atoms with Crippen molar-refractivity contribution in [2.24, 2.45) is 0 Å². The Bertz CT molecular complexity index is 516. The Kier molecular flexibility index (Phi) is 3.23. The average molecular weight is 307 g/mol. The summed E-state index contributed by atoms with van der Waals surface area (Å²) in [7, 11) is 0. The minimum atomic E-state index is -5.47. The molecule has 0 radical (unpaired) electrons. The third kappa shape index (κ3) is 2.61. The van der Waals surface area contributed by atoms with E-state index in [0.717, 1.165) is 0 Å². The van der Waals surface area contributed by atoms with E-state index >= 15 is 0 Å². The Morgan fingerprint density at radius 3 is 1.71 bits per heavy atom. The van der Waals surface area contributed by atoms with Crippen molar-refractivity contribution in [1.29, 1.82) is 0 Å². The van der Waals surface area contributed by atoms with Crippen LogP contribution < -0.4 is 10.1 Å². The molecule has 0 aromatic heterocycles. The third-order valence-corrected chi connectivity index (χ3v) is 3.80. The molecule has 11 heteroatoms. The summed E-state index contributed by atoms with van der Waals surface area (Å²) in [6.07, 6.45) is 0. The molecule has 0 heterocycles. The van der Waals surface area contributed by atoms with Crippen molar-refractivity contribution in [2.75, 3.05) is 5.73 Å². The minimum absolute atomic E-state index is 0.544. The number of nitro groups is 2. The Balaban J connectivity index is 3.65. The number of hydrogen-bond donors (Lipinski definition) is 3. The van der Waals surface area contributed by atoms with Crippen molar-refractivity contribution in [1.82, 2.24) is 0 Å². The zero-order valence-electron chi connectivity index (χ0n) is 8.01. The molecule has 92 valence electrons. The van der Waals surface area contributed by atoms with E-state index in [0.29, 0.717) is 12.1 Å². The molecule has 17 heavy (non-hydrogen) atoms. The molecule has 0 bridgehead atoms. The van der Waals surface area contributed by atoms with Crippen LogP contribution in [0.3, 0.4) is 0 Å². The van der Waals surface area contributed by atoms with Crippen molar-refractivity contribution in [2.45, 2.75) is 0 Å². The second-order valence-electron chi connectivity index (χ2n) is 2.96. The predicted octanol–water partition coefficient (Wildman–Crippen LogP) is -1.35. The maximum atomic E-state index is 11.0. The van der Waals surface area contributed by atoms with E-state index in [1.807, 2.05) is 0 Å². The average Bonchev–Trinajstić information content (AvgIpc) is 2.14. The van der Waals surface area contributed by atoms with Crippen molar-refractivity contribution in [3.8, 4) is 0 Å². The number of anilines is 1. The van der Waals surface area contributed by atoms with Crippen molar-refractivity contribution in [3.05, 3.63) is 32.4 Å². The number of nitro benzene ring substituents is 2. The summed E-state index contributed by atoms with van der Waals surface area (Å²) in [5, 5.41) is 21.1. The van der Waals surface area contributed by atoms with Gasteiger partial charge >= 0.3 is 95.5 Å². The summed E-state index contributed by atoms with van der Waals surface area (Å²) >= 11 is -5.47. The molecule has 0 saturated heterocycles. The van der Waals surface area contributed by atoms with E-state index < -0.39 is 45.4 Å². The van der Waals surface area contributed by atoms with Gasteiger partial charge in [0, 0.05) is 0 Å². The predicted molar refractivity (Wildman–Crippen MR) is 54.7 cm³/mol. The number of nitrogen functional groups attached to an aromatic ring is 1. The van der Waals surface area contributed by atoms with Gasteiger partial charge in [0.1, 0.15) is 0 Å². The van der Waals surface area contributed by atoms with Gasteiger partial charge in [-0.1, -0.05) is 0 Å². The zero-order chi connectivity index (χ0) is 13.4. The van der Waals surface area contributed by atoms with E-state index in [1.165, 1.54) is 0 Å². The molecule has 0 spiro atoms. The monoisotopic (exact) mass is 307 g/mol. The molecule has 1 aromatic carbocycles. The van der Waals surface area contributed by atoms with Crippen LogP contribution in [0.1, 0.15) is 0 Å². The van der Waals surface area contributed by atoms with Crippen molar-refractivity contribution in [3.63, 3.8) is 0 Å². The van der Waals surface area contributed by atoms with Crippen LogP contribution in [-0.2, 0) is 3.74 Å². The van der Waals surface area contributed by atoms with Crippen LogP contribution in [-0.4, -0.2) is 32.2 Å². The van der Waals surface area contributed by atoms with E-state index in [2.05, 4.69) is 0 Å². The number of benzene rings is 1. The van der Waals surface area contributed by atoms with Gasteiger partial charge in [0.25, 0.3) is 0 Å². The van der Waals surface area contributed by atoms with Crippen molar-refractivity contribution >= 4 is 35.6 Å². The molecule has 0 aliphatic heterocycles. The quantitative estimate of drug-likeness (QED) is 0.266. The Morgan fingerprint density at radius 2 is 1.47 bits per heavy atom. The van der Waals surface area contributed by atoms with Gasteiger partial charge in [-0.05, 0) is 0 Å². The van der Waals surface area contributed by atoms with E-state index in [4.69, 9.17) is 13.9 Å². The first-order valence-corrected chi connectivity index (χ1v) is 7.31. The standard InChI is InChI=1S/C6H6AsN3O7/c8-6-4(9(14)15)1-3(7(11,12)13)2-5(6)10(16)17/h1-2H,8H2,(H2,11,12,13). The van der Waals surface area contributed by atoms with Crippen LogP contribution in [0.4, 0.5) is 17.1 Å². The fraction of sp³-hybridized carbons (Fsp3) is 0. The molecular weight excluding hydrogens is 301 g/mol. The number of nitrogens with zero attached hydrogens (tertiary/aromatic N) is 2. The fourth-order valence-electron chi connectivity index (χ4n) is 1.08. The van der Waals surface area contributed by atoms with Crippen LogP contribution in [0.15, 0.2) is 12.1 Å². The first-order valence-electron chi connectivity index (χ1n) is 3.93. The van der Waals surface area contributed by atoms with Crippen LogP contribution in [0.25, 0.3) is 0 Å². The molecule has 1 aromatic rings. The van der Waals surface area contributed by atoms with Gasteiger partial charge in [-0.2, -0.15) is 0 Å².